The summed E-state index contributed by atoms with van der Waals surface area (Å²) in [6, 6.07) is 4.04. The number of aromatic nitrogens is 4. The van der Waals surface area contributed by atoms with Gasteiger partial charge in [0.1, 0.15) is 6.61 Å². The van der Waals surface area contributed by atoms with Gasteiger partial charge in [-0.25, -0.2) is 14.5 Å². The number of nitrogens with two attached hydrogens (primary N) is 1. The average molecular weight is 385 g/mol. The molecular formula is C19H27N7O2. The third-order valence-electron chi connectivity index (χ3n) is 4.52. The highest BCUT2D eigenvalue weighted by atomic mass is 16.5. The van der Waals surface area contributed by atoms with Crippen LogP contribution in [-0.2, 0) is 13.6 Å². The molecule has 3 N–H and O–H groups in total. The fraction of sp³-hybridized carbons (Fsp3) is 0.474. The van der Waals surface area contributed by atoms with Gasteiger partial charge < -0.3 is 15.8 Å². The molecule has 0 spiro atoms. The van der Waals surface area contributed by atoms with E-state index < -0.39 is 5.69 Å². The fourth-order valence-electron chi connectivity index (χ4n) is 3.05. The maximum atomic E-state index is 11.5. The van der Waals surface area contributed by atoms with Gasteiger partial charge in [-0.15, -0.1) is 5.10 Å². The van der Waals surface area contributed by atoms with Gasteiger partial charge in [-0.3, -0.25) is 4.90 Å². The molecular weight excluding hydrogens is 358 g/mol. The second-order valence-electron chi connectivity index (χ2n) is 6.75. The van der Waals surface area contributed by atoms with Crippen molar-refractivity contribution in [2.24, 2.45) is 7.05 Å². The van der Waals surface area contributed by atoms with E-state index in [-0.39, 0.29) is 11.6 Å². The number of nitrogens with one attached hydrogen (secondary N) is 1. The van der Waals surface area contributed by atoms with E-state index in [9.17, 15) is 4.79 Å². The molecule has 0 unspecified atom stereocenters. The van der Waals surface area contributed by atoms with Crippen LogP contribution in [0.25, 0.3) is 0 Å². The maximum absolute atomic E-state index is 11.5. The number of nitrogen functional groups attached to an aromatic ring is 1. The van der Waals surface area contributed by atoms with Crippen molar-refractivity contribution >= 4 is 11.6 Å². The van der Waals surface area contributed by atoms with Crippen molar-refractivity contribution < 1.29 is 4.74 Å². The van der Waals surface area contributed by atoms with Gasteiger partial charge in [0.15, 0.2) is 11.6 Å². The van der Waals surface area contributed by atoms with Crippen LogP contribution in [0.3, 0.4) is 0 Å². The van der Waals surface area contributed by atoms with Gasteiger partial charge in [-0.1, -0.05) is 12.5 Å². The quantitative estimate of drug-likeness (QED) is 0.652. The Balaban J connectivity index is 1.42. The van der Waals surface area contributed by atoms with E-state index in [4.69, 9.17) is 10.5 Å². The van der Waals surface area contributed by atoms with E-state index >= 15 is 0 Å². The summed E-state index contributed by atoms with van der Waals surface area (Å²) in [6.45, 7) is 4.13. The standard InChI is InChI=1S/C19H27N7O2/c1-25-19(27)23-18(17(20)24-25)22-8-3-6-12-28-16-13-15(7-9-21-16)14-26-10-4-2-5-11-26/h3,6-7,9,13H,2,4-5,8,10-12,14H2,1H3,(H2,20,24)(H,22,23,27)/b6-3-. The molecule has 0 bridgehead atoms. The van der Waals surface area contributed by atoms with Gasteiger partial charge in [-0.2, -0.15) is 4.98 Å². The second-order valence-corrected chi connectivity index (χ2v) is 6.75. The van der Waals surface area contributed by atoms with Crippen molar-refractivity contribution in [3.8, 4) is 5.88 Å². The Morgan fingerprint density at radius 3 is 2.93 bits per heavy atom. The molecule has 1 aliphatic rings. The Kier molecular flexibility index (Phi) is 6.96. The normalized spacial score (nSPS) is 15.0. The molecule has 0 saturated carbocycles. The second kappa shape index (κ2) is 9.84. The zero-order valence-electron chi connectivity index (χ0n) is 16.2. The summed E-state index contributed by atoms with van der Waals surface area (Å²) in [5.41, 5.74) is 6.49. The molecule has 3 heterocycles. The van der Waals surface area contributed by atoms with Gasteiger partial charge in [0.2, 0.25) is 5.88 Å². The molecule has 0 aliphatic carbocycles. The summed E-state index contributed by atoms with van der Waals surface area (Å²) in [6.07, 6.45) is 9.43. The molecule has 1 fully saturated rings. The minimum Gasteiger partial charge on any atom is -0.473 e. The van der Waals surface area contributed by atoms with Crippen molar-refractivity contribution in [3.63, 3.8) is 0 Å². The van der Waals surface area contributed by atoms with E-state index in [1.54, 1.807) is 6.20 Å². The predicted molar refractivity (Wildman–Crippen MR) is 108 cm³/mol. The van der Waals surface area contributed by atoms with Crippen LogP contribution in [0.5, 0.6) is 5.88 Å². The van der Waals surface area contributed by atoms with Crippen molar-refractivity contribution in [2.75, 3.05) is 37.3 Å². The molecule has 0 aromatic carbocycles. The minimum absolute atomic E-state index is 0.182. The maximum Gasteiger partial charge on any atom is 0.365 e. The highest BCUT2D eigenvalue weighted by Gasteiger charge is 2.10. The molecule has 9 heteroatoms. The monoisotopic (exact) mass is 385 g/mol. The van der Waals surface area contributed by atoms with E-state index in [0.29, 0.717) is 19.0 Å². The van der Waals surface area contributed by atoms with Gasteiger partial charge in [-0.05, 0) is 43.6 Å². The van der Waals surface area contributed by atoms with Crippen molar-refractivity contribution in [3.05, 3.63) is 46.5 Å². The first kappa shape index (κ1) is 19.8. The highest BCUT2D eigenvalue weighted by molar-refractivity contribution is 5.54. The summed E-state index contributed by atoms with van der Waals surface area (Å²) < 4.78 is 6.79. The lowest BCUT2D eigenvalue weighted by Gasteiger charge is -2.26. The number of hydrogen-bond acceptors (Lipinski definition) is 8. The Bertz CT molecular complexity index is 860. The van der Waals surface area contributed by atoms with Crippen LogP contribution in [0.15, 0.2) is 35.3 Å². The van der Waals surface area contributed by atoms with Crippen LogP contribution in [-0.4, -0.2) is 50.9 Å². The topological polar surface area (TPSA) is 111 Å². The molecule has 150 valence electrons. The number of nitrogens with zero attached hydrogens (tertiary/aromatic N) is 5. The van der Waals surface area contributed by atoms with Crippen LogP contribution in [0.4, 0.5) is 11.6 Å². The van der Waals surface area contributed by atoms with Crippen LogP contribution in [0, 0.1) is 0 Å². The zero-order valence-corrected chi connectivity index (χ0v) is 16.2. The van der Waals surface area contributed by atoms with Crippen LogP contribution in [0.2, 0.25) is 0 Å². The van der Waals surface area contributed by atoms with Crippen molar-refractivity contribution in [2.45, 2.75) is 25.8 Å². The molecule has 1 saturated heterocycles. The first-order valence-electron chi connectivity index (χ1n) is 9.51. The van der Waals surface area contributed by atoms with Crippen LogP contribution < -0.4 is 21.5 Å². The Labute approximate surface area is 164 Å². The van der Waals surface area contributed by atoms with E-state index in [2.05, 4.69) is 25.3 Å². The van der Waals surface area contributed by atoms with Crippen molar-refractivity contribution in [1.82, 2.24) is 24.6 Å². The number of anilines is 2. The summed E-state index contributed by atoms with van der Waals surface area (Å²) in [5.74, 6) is 1.08. The van der Waals surface area contributed by atoms with Gasteiger partial charge in [0.05, 0.1) is 0 Å². The van der Waals surface area contributed by atoms with Gasteiger partial charge in [0.25, 0.3) is 0 Å². The zero-order chi connectivity index (χ0) is 19.8. The highest BCUT2D eigenvalue weighted by Crippen LogP contribution is 2.15. The average Bonchev–Trinajstić information content (AvgIpc) is 2.69. The molecule has 28 heavy (non-hydrogen) atoms. The van der Waals surface area contributed by atoms with E-state index in [1.807, 2.05) is 24.3 Å². The summed E-state index contributed by atoms with van der Waals surface area (Å²) in [4.78, 5) is 22.0. The van der Waals surface area contributed by atoms with Crippen LogP contribution >= 0.6 is 0 Å². The number of piperidine rings is 1. The number of ether oxygens (including phenoxy) is 1. The summed E-state index contributed by atoms with van der Waals surface area (Å²) >= 11 is 0. The lowest BCUT2D eigenvalue weighted by molar-refractivity contribution is 0.220. The number of aryl methyl sites for hydroxylation is 1. The Morgan fingerprint density at radius 2 is 2.11 bits per heavy atom. The lowest BCUT2D eigenvalue weighted by Crippen LogP contribution is -2.29. The lowest BCUT2D eigenvalue weighted by atomic mass is 10.1. The summed E-state index contributed by atoms with van der Waals surface area (Å²) in [5, 5.41) is 6.83. The van der Waals surface area contributed by atoms with Crippen LogP contribution in [0.1, 0.15) is 24.8 Å². The third-order valence-corrected chi connectivity index (χ3v) is 4.52. The number of pyridine rings is 1. The summed E-state index contributed by atoms with van der Waals surface area (Å²) in [7, 11) is 1.50. The van der Waals surface area contributed by atoms with E-state index in [0.717, 1.165) is 24.3 Å². The Hall–Kier alpha value is -2.94. The molecule has 1 aliphatic heterocycles. The van der Waals surface area contributed by atoms with Gasteiger partial charge in [0, 0.05) is 32.4 Å². The molecule has 2 aromatic rings. The first-order valence-corrected chi connectivity index (χ1v) is 9.51. The smallest absolute Gasteiger partial charge is 0.365 e. The Morgan fingerprint density at radius 1 is 1.29 bits per heavy atom. The number of likely N-dealkylation sites (tertiary alicyclic amines) is 1. The van der Waals surface area contributed by atoms with E-state index in [1.165, 1.54) is 31.9 Å². The third kappa shape index (κ3) is 5.78. The molecule has 3 rings (SSSR count). The predicted octanol–water partition coefficient (Wildman–Crippen LogP) is 1.19. The molecule has 0 radical (unpaired) electrons. The van der Waals surface area contributed by atoms with Crippen molar-refractivity contribution in [1.29, 1.82) is 0 Å². The number of rotatable bonds is 8. The fourth-order valence-corrected chi connectivity index (χ4v) is 3.05. The minimum atomic E-state index is -0.459. The van der Waals surface area contributed by atoms with Gasteiger partial charge >= 0.3 is 5.69 Å². The largest absolute Gasteiger partial charge is 0.473 e. The number of hydrogen-bond donors (Lipinski definition) is 2. The molecule has 0 atom stereocenters. The molecule has 2 aromatic heterocycles. The molecule has 9 nitrogen and oxygen atoms in total. The molecule has 0 amide bonds. The first-order chi connectivity index (χ1) is 13.6. The SMILES string of the molecule is Cn1nc(N)c(NC/C=C\COc2cc(CN3CCCCC3)ccn2)nc1=O.